The molecule has 0 saturated heterocycles. The first-order valence-corrected chi connectivity index (χ1v) is 7.94. The molecule has 1 saturated carbocycles. The Hall–Kier alpha value is -1.84. The predicted molar refractivity (Wildman–Crippen MR) is 84.7 cm³/mol. The number of azo groups is 1. The second-order valence-electron chi connectivity index (χ2n) is 6.06. The zero-order valence-corrected chi connectivity index (χ0v) is 12.6. The number of nitrogens with zero attached hydrogens (tertiary/aromatic N) is 4. The number of hydrogen-bond acceptors (Lipinski definition) is 4. The molecule has 21 heavy (non-hydrogen) atoms. The summed E-state index contributed by atoms with van der Waals surface area (Å²) in [4.78, 5) is 0. The highest BCUT2D eigenvalue weighted by atomic mass is 15.2. The Morgan fingerprint density at radius 2 is 2.00 bits per heavy atom. The third kappa shape index (κ3) is 3.63. The summed E-state index contributed by atoms with van der Waals surface area (Å²) in [5.74, 6) is 1.45. The molecule has 4 heteroatoms. The van der Waals surface area contributed by atoms with E-state index in [9.17, 15) is 0 Å². The van der Waals surface area contributed by atoms with Gasteiger partial charge in [0.15, 0.2) is 0 Å². The highest BCUT2D eigenvalue weighted by Crippen LogP contribution is 2.28. The van der Waals surface area contributed by atoms with E-state index < -0.39 is 0 Å². The molecule has 1 aromatic carbocycles. The Morgan fingerprint density at radius 1 is 1.19 bits per heavy atom. The van der Waals surface area contributed by atoms with E-state index in [4.69, 9.17) is 0 Å². The fourth-order valence-electron chi connectivity index (χ4n) is 3.19. The predicted octanol–water partition coefficient (Wildman–Crippen LogP) is 5.07. The second kappa shape index (κ2) is 6.74. The molecule has 1 aliphatic rings. The normalized spacial score (nSPS) is 18.3. The van der Waals surface area contributed by atoms with Crippen LogP contribution >= 0.6 is 0 Å². The third-order valence-corrected chi connectivity index (χ3v) is 4.30. The highest BCUT2D eigenvalue weighted by Gasteiger charge is 2.16. The number of hydrogen-bond donors (Lipinski definition) is 0. The molecule has 0 N–H and O–H groups in total. The van der Waals surface area contributed by atoms with Crippen LogP contribution in [-0.4, -0.2) is 16.2 Å². The zero-order chi connectivity index (χ0) is 14.5. The van der Waals surface area contributed by atoms with E-state index in [-0.39, 0.29) is 6.04 Å². The molecule has 1 aliphatic carbocycles. The maximum Gasteiger partial charge on any atom is 0.203 e. The number of fused-ring (bicyclic) bond motifs is 1. The van der Waals surface area contributed by atoms with Gasteiger partial charge in [0.2, 0.25) is 5.82 Å². The van der Waals surface area contributed by atoms with Crippen LogP contribution in [0, 0.1) is 5.92 Å². The van der Waals surface area contributed by atoms with Gasteiger partial charge in [0.25, 0.3) is 0 Å². The summed E-state index contributed by atoms with van der Waals surface area (Å²) < 4.78 is 0. The largest absolute Gasteiger partial charge is 0.203 e. The van der Waals surface area contributed by atoms with Crippen LogP contribution in [-0.2, 0) is 0 Å². The van der Waals surface area contributed by atoms with E-state index in [1.807, 2.05) is 24.3 Å². The van der Waals surface area contributed by atoms with E-state index in [0.717, 1.165) is 23.1 Å². The summed E-state index contributed by atoms with van der Waals surface area (Å²) >= 11 is 0. The van der Waals surface area contributed by atoms with Crippen molar-refractivity contribution < 1.29 is 0 Å². The summed E-state index contributed by atoms with van der Waals surface area (Å²) in [6.07, 6.45) is 9.77. The molecule has 3 rings (SSSR count). The highest BCUT2D eigenvalue weighted by molar-refractivity contribution is 5.89. The standard InChI is InChI=1S/C17H22N4/c1-13(11-14-7-3-2-4-8-14)19-21-17-16-10-6-5-9-15(16)12-18-20-17/h5-6,9-10,12-14H,2-4,7-8,11H2,1H3. The lowest BCUT2D eigenvalue weighted by molar-refractivity contribution is 0.321. The minimum atomic E-state index is 0.258. The molecular formula is C17H22N4. The van der Waals surface area contributed by atoms with Gasteiger partial charge in [0, 0.05) is 10.8 Å². The van der Waals surface area contributed by atoms with Crippen LogP contribution in [0.3, 0.4) is 0 Å². The summed E-state index contributed by atoms with van der Waals surface area (Å²) in [6, 6.07) is 8.29. The van der Waals surface area contributed by atoms with Crippen molar-refractivity contribution in [1.29, 1.82) is 0 Å². The zero-order valence-electron chi connectivity index (χ0n) is 12.6. The second-order valence-corrected chi connectivity index (χ2v) is 6.06. The maximum absolute atomic E-state index is 4.46. The molecule has 1 unspecified atom stereocenters. The van der Waals surface area contributed by atoms with Crippen LogP contribution in [0.25, 0.3) is 10.8 Å². The summed E-state index contributed by atoms with van der Waals surface area (Å²) in [5, 5.41) is 19.0. The average Bonchev–Trinajstić information content (AvgIpc) is 2.54. The van der Waals surface area contributed by atoms with Crippen LogP contribution in [0.2, 0.25) is 0 Å². The van der Waals surface area contributed by atoms with Gasteiger partial charge in [-0.15, -0.1) is 10.2 Å². The number of aromatic nitrogens is 2. The van der Waals surface area contributed by atoms with Crippen molar-refractivity contribution in [3.05, 3.63) is 30.5 Å². The van der Waals surface area contributed by atoms with Gasteiger partial charge in [-0.2, -0.15) is 10.2 Å². The molecule has 1 fully saturated rings. The molecule has 0 spiro atoms. The maximum atomic E-state index is 4.46. The summed E-state index contributed by atoms with van der Waals surface area (Å²) in [7, 11) is 0. The molecule has 0 aliphatic heterocycles. The Bertz CT molecular complexity index is 612. The molecular weight excluding hydrogens is 260 g/mol. The minimum Gasteiger partial charge on any atom is -0.184 e. The van der Waals surface area contributed by atoms with E-state index in [2.05, 4.69) is 27.3 Å². The quantitative estimate of drug-likeness (QED) is 0.735. The fraction of sp³-hybridized carbons (Fsp3) is 0.529. The molecule has 1 atom stereocenters. The van der Waals surface area contributed by atoms with E-state index in [1.165, 1.54) is 32.1 Å². The van der Waals surface area contributed by atoms with Gasteiger partial charge in [0.1, 0.15) is 0 Å². The molecule has 0 amide bonds. The van der Waals surface area contributed by atoms with Gasteiger partial charge in [0.05, 0.1) is 12.2 Å². The van der Waals surface area contributed by atoms with Crippen molar-refractivity contribution >= 4 is 16.6 Å². The molecule has 4 nitrogen and oxygen atoms in total. The minimum absolute atomic E-state index is 0.258. The van der Waals surface area contributed by atoms with Gasteiger partial charge in [-0.05, 0) is 19.3 Å². The lowest BCUT2D eigenvalue weighted by atomic mass is 9.85. The van der Waals surface area contributed by atoms with Crippen molar-refractivity contribution in [1.82, 2.24) is 10.2 Å². The van der Waals surface area contributed by atoms with Crippen molar-refractivity contribution in [3.63, 3.8) is 0 Å². The topological polar surface area (TPSA) is 50.5 Å². The van der Waals surface area contributed by atoms with Gasteiger partial charge >= 0.3 is 0 Å². The van der Waals surface area contributed by atoms with E-state index in [0.29, 0.717) is 5.82 Å². The van der Waals surface area contributed by atoms with Crippen molar-refractivity contribution in [2.24, 2.45) is 16.1 Å². The molecule has 0 radical (unpaired) electrons. The monoisotopic (exact) mass is 282 g/mol. The smallest absolute Gasteiger partial charge is 0.184 e. The van der Waals surface area contributed by atoms with E-state index in [1.54, 1.807) is 6.20 Å². The fourth-order valence-corrected chi connectivity index (χ4v) is 3.19. The van der Waals surface area contributed by atoms with Crippen LogP contribution in [0.4, 0.5) is 5.82 Å². The number of benzene rings is 1. The van der Waals surface area contributed by atoms with Crippen LogP contribution in [0.1, 0.15) is 45.4 Å². The van der Waals surface area contributed by atoms with Crippen LogP contribution in [0.5, 0.6) is 0 Å². The van der Waals surface area contributed by atoms with Crippen LogP contribution in [0.15, 0.2) is 40.7 Å². The molecule has 1 aromatic heterocycles. The first-order valence-electron chi connectivity index (χ1n) is 7.94. The Morgan fingerprint density at radius 3 is 2.86 bits per heavy atom. The molecule has 110 valence electrons. The van der Waals surface area contributed by atoms with Gasteiger partial charge in [-0.1, -0.05) is 56.4 Å². The van der Waals surface area contributed by atoms with Gasteiger partial charge in [-0.3, -0.25) is 0 Å². The first kappa shape index (κ1) is 14.1. The Balaban J connectivity index is 1.69. The molecule has 0 bridgehead atoms. The number of rotatable bonds is 4. The summed E-state index contributed by atoms with van der Waals surface area (Å²) in [5.41, 5.74) is 0. The van der Waals surface area contributed by atoms with Gasteiger partial charge < -0.3 is 0 Å². The van der Waals surface area contributed by atoms with E-state index >= 15 is 0 Å². The van der Waals surface area contributed by atoms with Crippen LogP contribution < -0.4 is 0 Å². The van der Waals surface area contributed by atoms with Crippen molar-refractivity contribution in [2.45, 2.75) is 51.5 Å². The van der Waals surface area contributed by atoms with Crippen molar-refractivity contribution in [2.75, 3.05) is 0 Å². The first-order chi connectivity index (χ1) is 10.3. The third-order valence-electron chi connectivity index (χ3n) is 4.30. The average molecular weight is 282 g/mol. The Kier molecular flexibility index (Phi) is 4.53. The van der Waals surface area contributed by atoms with Crippen molar-refractivity contribution in [3.8, 4) is 0 Å². The lowest BCUT2D eigenvalue weighted by Gasteiger charge is -2.22. The Labute approximate surface area is 125 Å². The molecule has 2 aromatic rings. The van der Waals surface area contributed by atoms with Gasteiger partial charge in [-0.25, -0.2) is 0 Å². The summed E-state index contributed by atoms with van der Waals surface area (Å²) in [6.45, 7) is 2.15. The lowest BCUT2D eigenvalue weighted by Crippen LogP contribution is -2.12. The molecule has 1 heterocycles. The SMILES string of the molecule is CC(CC1CCCCC1)N=Nc1nncc2ccccc12.